The van der Waals surface area contributed by atoms with E-state index < -0.39 is 29.7 Å². The van der Waals surface area contributed by atoms with Crippen molar-refractivity contribution in [2.45, 2.75) is 25.8 Å². The van der Waals surface area contributed by atoms with Gasteiger partial charge < -0.3 is 15.3 Å². The molecule has 2 N–H and O–H groups in total. The molecular formula is C13H14F2N2O3. The van der Waals surface area contributed by atoms with Crippen LogP contribution in [0.5, 0.6) is 0 Å². The zero-order valence-electron chi connectivity index (χ0n) is 10.8. The predicted octanol–water partition coefficient (Wildman–Crippen LogP) is 2.35. The van der Waals surface area contributed by atoms with Crippen LogP contribution in [0, 0.1) is 18.6 Å². The largest absolute Gasteiger partial charge is 0.480 e. The van der Waals surface area contributed by atoms with Crippen molar-refractivity contribution in [3.8, 4) is 0 Å². The lowest BCUT2D eigenvalue weighted by atomic mass is 10.2. The Bertz CT molecular complexity index is 563. The van der Waals surface area contributed by atoms with Crippen molar-refractivity contribution in [2.24, 2.45) is 0 Å². The number of aliphatic carboxylic acids is 1. The van der Waals surface area contributed by atoms with Crippen molar-refractivity contribution in [3.63, 3.8) is 0 Å². The van der Waals surface area contributed by atoms with Crippen molar-refractivity contribution in [2.75, 3.05) is 11.9 Å². The Morgan fingerprint density at radius 3 is 2.70 bits per heavy atom. The second-order valence-electron chi connectivity index (χ2n) is 4.70. The zero-order valence-corrected chi connectivity index (χ0v) is 10.8. The van der Waals surface area contributed by atoms with Crippen molar-refractivity contribution in [1.82, 2.24) is 4.90 Å². The number of anilines is 1. The van der Waals surface area contributed by atoms with Crippen LogP contribution in [0.25, 0.3) is 0 Å². The zero-order chi connectivity index (χ0) is 14.9. The third kappa shape index (κ3) is 2.71. The lowest BCUT2D eigenvalue weighted by Gasteiger charge is -2.22. The van der Waals surface area contributed by atoms with Gasteiger partial charge in [0.2, 0.25) is 0 Å². The van der Waals surface area contributed by atoms with E-state index in [1.807, 2.05) is 0 Å². The smallest absolute Gasteiger partial charge is 0.326 e. The van der Waals surface area contributed by atoms with E-state index in [9.17, 15) is 18.4 Å². The monoisotopic (exact) mass is 284 g/mol. The Hall–Kier alpha value is -2.18. The summed E-state index contributed by atoms with van der Waals surface area (Å²) in [5.74, 6) is -2.51. The minimum atomic E-state index is -1.10. The maximum atomic E-state index is 13.6. The van der Waals surface area contributed by atoms with Gasteiger partial charge >= 0.3 is 12.0 Å². The number of hydrogen-bond acceptors (Lipinski definition) is 2. The van der Waals surface area contributed by atoms with Crippen LogP contribution in [-0.4, -0.2) is 34.6 Å². The standard InChI is InChI=1S/C13H14F2N2O3/c1-7-5-9(15)10(6-8(7)14)16-13(20)17-4-2-3-11(17)12(18)19/h5-6,11H,2-4H2,1H3,(H,16,20)(H,18,19)/t11-/m0/s1. The molecule has 1 heterocycles. The van der Waals surface area contributed by atoms with Gasteiger partial charge in [-0.15, -0.1) is 0 Å². The number of amides is 2. The van der Waals surface area contributed by atoms with Gasteiger partial charge in [0.05, 0.1) is 5.69 Å². The van der Waals surface area contributed by atoms with E-state index in [1.54, 1.807) is 0 Å². The number of aryl methyl sites for hydroxylation is 1. The molecule has 0 unspecified atom stereocenters. The Balaban J connectivity index is 2.16. The Morgan fingerprint density at radius 1 is 1.35 bits per heavy atom. The maximum Gasteiger partial charge on any atom is 0.326 e. The van der Waals surface area contributed by atoms with Crippen LogP contribution in [0.3, 0.4) is 0 Å². The van der Waals surface area contributed by atoms with Gasteiger partial charge in [0, 0.05) is 12.6 Å². The third-order valence-electron chi connectivity index (χ3n) is 3.29. The molecule has 0 aromatic heterocycles. The maximum absolute atomic E-state index is 13.6. The summed E-state index contributed by atoms with van der Waals surface area (Å²) in [5.41, 5.74) is -0.167. The van der Waals surface area contributed by atoms with Crippen LogP contribution >= 0.6 is 0 Å². The molecule has 1 aromatic rings. The Kier molecular flexibility index (Phi) is 3.87. The number of nitrogens with zero attached hydrogens (tertiary/aromatic N) is 1. The fourth-order valence-corrected chi connectivity index (χ4v) is 2.20. The fourth-order valence-electron chi connectivity index (χ4n) is 2.20. The highest BCUT2D eigenvalue weighted by Gasteiger charge is 2.34. The molecule has 20 heavy (non-hydrogen) atoms. The number of urea groups is 1. The molecule has 1 saturated heterocycles. The molecule has 1 aromatic carbocycles. The van der Waals surface area contributed by atoms with Gasteiger partial charge in [0.25, 0.3) is 0 Å². The molecule has 1 aliphatic rings. The van der Waals surface area contributed by atoms with Crippen molar-refractivity contribution >= 4 is 17.7 Å². The lowest BCUT2D eigenvalue weighted by molar-refractivity contribution is -0.141. The van der Waals surface area contributed by atoms with Crippen LogP contribution in [0.4, 0.5) is 19.3 Å². The van der Waals surface area contributed by atoms with E-state index in [4.69, 9.17) is 5.11 Å². The number of carboxylic acids is 1. The Morgan fingerprint density at radius 2 is 2.05 bits per heavy atom. The minimum Gasteiger partial charge on any atom is -0.480 e. The first-order valence-corrected chi connectivity index (χ1v) is 6.16. The molecule has 0 radical (unpaired) electrons. The number of carbonyl (C=O) groups excluding carboxylic acids is 1. The summed E-state index contributed by atoms with van der Waals surface area (Å²) in [6, 6.07) is 0.197. The predicted molar refractivity (Wildman–Crippen MR) is 67.5 cm³/mol. The number of likely N-dealkylation sites (tertiary alicyclic amines) is 1. The number of benzene rings is 1. The molecule has 0 spiro atoms. The van der Waals surface area contributed by atoms with Gasteiger partial charge in [0.1, 0.15) is 17.7 Å². The average molecular weight is 284 g/mol. The van der Waals surface area contributed by atoms with Crippen LogP contribution in [-0.2, 0) is 4.79 Å². The summed E-state index contributed by atoms with van der Waals surface area (Å²) >= 11 is 0. The van der Waals surface area contributed by atoms with Crippen molar-refractivity contribution in [1.29, 1.82) is 0 Å². The van der Waals surface area contributed by atoms with Gasteiger partial charge in [-0.25, -0.2) is 18.4 Å². The molecule has 2 amide bonds. The quantitative estimate of drug-likeness (QED) is 0.875. The second-order valence-corrected chi connectivity index (χ2v) is 4.70. The SMILES string of the molecule is Cc1cc(F)c(NC(=O)N2CCC[C@H]2C(=O)O)cc1F. The van der Waals surface area contributed by atoms with E-state index >= 15 is 0 Å². The van der Waals surface area contributed by atoms with E-state index in [0.29, 0.717) is 12.8 Å². The normalized spacial score (nSPS) is 18.1. The van der Waals surface area contributed by atoms with Crippen molar-refractivity contribution in [3.05, 3.63) is 29.3 Å². The van der Waals surface area contributed by atoms with Gasteiger partial charge in [0.15, 0.2) is 0 Å². The topological polar surface area (TPSA) is 69.6 Å². The van der Waals surface area contributed by atoms with Gasteiger partial charge in [-0.1, -0.05) is 0 Å². The molecule has 1 fully saturated rings. The number of halogens is 2. The highest BCUT2D eigenvalue weighted by Crippen LogP contribution is 2.22. The molecule has 0 aliphatic carbocycles. The fraction of sp³-hybridized carbons (Fsp3) is 0.385. The summed E-state index contributed by atoms with van der Waals surface area (Å²) in [6.07, 6.45) is 0.919. The second kappa shape index (κ2) is 5.44. The van der Waals surface area contributed by atoms with Gasteiger partial charge in [-0.2, -0.15) is 0 Å². The first-order valence-electron chi connectivity index (χ1n) is 6.16. The van der Waals surface area contributed by atoms with Crippen LogP contribution in [0.1, 0.15) is 18.4 Å². The number of carboxylic acid groups (broad SMARTS) is 1. The molecule has 2 rings (SSSR count). The molecule has 0 bridgehead atoms. The van der Waals surface area contributed by atoms with E-state index in [1.165, 1.54) is 6.92 Å². The number of hydrogen-bond donors (Lipinski definition) is 2. The van der Waals surface area contributed by atoms with Crippen LogP contribution in [0.15, 0.2) is 12.1 Å². The summed E-state index contributed by atoms with van der Waals surface area (Å²) in [6.45, 7) is 1.68. The lowest BCUT2D eigenvalue weighted by Crippen LogP contribution is -2.42. The highest BCUT2D eigenvalue weighted by molar-refractivity contribution is 5.92. The number of nitrogens with one attached hydrogen (secondary N) is 1. The molecular weight excluding hydrogens is 270 g/mol. The summed E-state index contributed by atoms with van der Waals surface area (Å²) in [5, 5.41) is 11.2. The first kappa shape index (κ1) is 14.2. The van der Waals surface area contributed by atoms with Gasteiger partial charge in [-0.05, 0) is 31.4 Å². The number of rotatable bonds is 2. The highest BCUT2D eigenvalue weighted by atomic mass is 19.1. The van der Waals surface area contributed by atoms with E-state index in [-0.39, 0.29) is 17.8 Å². The molecule has 7 heteroatoms. The van der Waals surface area contributed by atoms with Crippen LogP contribution < -0.4 is 5.32 Å². The number of carbonyl (C=O) groups is 2. The summed E-state index contributed by atoms with van der Waals surface area (Å²) in [4.78, 5) is 24.0. The van der Waals surface area contributed by atoms with Gasteiger partial charge in [-0.3, -0.25) is 0 Å². The molecule has 0 saturated carbocycles. The Labute approximate surface area is 114 Å². The van der Waals surface area contributed by atoms with E-state index in [2.05, 4.69) is 5.32 Å². The first-order chi connectivity index (χ1) is 9.40. The molecule has 108 valence electrons. The van der Waals surface area contributed by atoms with Crippen molar-refractivity contribution < 1.29 is 23.5 Å². The third-order valence-corrected chi connectivity index (χ3v) is 3.29. The molecule has 1 aliphatic heterocycles. The summed E-state index contributed by atoms with van der Waals surface area (Å²) in [7, 11) is 0. The van der Waals surface area contributed by atoms with Crippen LogP contribution in [0.2, 0.25) is 0 Å². The minimum absolute atomic E-state index is 0.130. The average Bonchev–Trinajstić information content (AvgIpc) is 2.85. The molecule has 5 nitrogen and oxygen atoms in total. The molecule has 1 atom stereocenters. The summed E-state index contributed by atoms with van der Waals surface area (Å²) < 4.78 is 27.0. The van der Waals surface area contributed by atoms with E-state index in [0.717, 1.165) is 17.0 Å².